The number of halogens is 1. The average molecular weight is 386 g/mol. The fourth-order valence-electron chi connectivity index (χ4n) is 3.31. The fourth-order valence-corrected chi connectivity index (χ4v) is 9.94. The van der Waals surface area contributed by atoms with Crippen molar-refractivity contribution in [3.8, 4) is 0 Å². The first-order valence-corrected chi connectivity index (χ1v) is 10.2. The maximum absolute atomic E-state index is 2.42. The summed E-state index contributed by atoms with van der Waals surface area (Å²) >= 11 is 0. The van der Waals surface area contributed by atoms with Gasteiger partial charge in [0.2, 0.25) is 0 Å². The molecule has 0 spiro atoms. The third-order valence-corrected chi connectivity index (χ3v) is 9.02. The second-order valence-corrected chi connectivity index (χ2v) is 11.4. The van der Waals surface area contributed by atoms with Crippen LogP contribution in [0.5, 0.6) is 0 Å². The van der Waals surface area contributed by atoms with Gasteiger partial charge in [-0.25, -0.2) is 0 Å². The van der Waals surface area contributed by atoms with E-state index in [1.165, 1.54) is 31.3 Å². The van der Waals surface area contributed by atoms with Crippen molar-refractivity contribution in [2.24, 2.45) is 17.8 Å². The predicted molar refractivity (Wildman–Crippen MR) is 85.8 cm³/mol. The zero-order chi connectivity index (χ0) is 13.5. The lowest BCUT2D eigenvalue weighted by atomic mass is 10.3. The SMILES string of the molecule is CCCC[P+](CC(C)C)(CC(C)C)CC(C)C.[I-]. The minimum Gasteiger partial charge on any atom is -1.00 e. The number of hydrogen-bond donors (Lipinski definition) is 0. The molecule has 0 saturated carbocycles. The van der Waals surface area contributed by atoms with Crippen LogP contribution in [0.15, 0.2) is 0 Å². The standard InChI is InChI=1S/C16H36P.HI/c1-8-9-10-17(11-14(2)3,12-15(4)5)13-16(6)7;/h14-16H,8-13H2,1-7H3;1H/q+1;/p-1. The molecule has 0 rings (SSSR count). The lowest BCUT2D eigenvalue weighted by Gasteiger charge is -2.32. The van der Waals surface area contributed by atoms with E-state index in [1.807, 2.05) is 0 Å². The summed E-state index contributed by atoms with van der Waals surface area (Å²) in [6.07, 6.45) is 8.98. The third kappa shape index (κ3) is 10.0. The highest BCUT2D eigenvalue weighted by atomic mass is 127. The summed E-state index contributed by atoms with van der Waals surface area (Å²) in [5.41, 5.74) is 0. The number of hydrogen-bond acceptors (Lipinski definition) is 0. The van der Waals surface area contributed by atoms with Gasteiger partial charge < -0.3 is 24.0 Å². The molecule has 0 atom stereocenters. The summed E-state index contributed by atoms with van der Waals surface area (Å²) in [5.74, 6) is 2.66. The van der Waals surface area contributed by atoms with Crippen molar-refractivity contribution in [1.29, 1.82) is 0 Å². The molecule has 2 heteroatoms. The van der Waals surface area contributed by atoms with Crippen LogP contribution < -0.4 is 24.0 Å². The van der Waals surface area contributed by atoms with Crippen LogP contribution in [0.1, 0.15) is 61.3 Å². The monoisotopic (exact) mass is 386 g/mol. The summed E-state index contributed by atoms with van der Waals surface area (Å²) in [6.45, 7) is 16.9. The molecule has 18 heavy (non-hydrogen) atoms. The minimum absolute atomic E-state index is 0. The van der Waals surface area contributed by atoms with Gasteiger partial charge in [0.15, 0.2) is 0 Å². The van der Waals surface area contributed by atoms with Gasteiger partial charge in [-0.05, 0) is 24.2 Å². The zero-order valence-electron chi connectivity index (χ0n) is 13.8. The van der Waals surface area contributed by atoms with Crippen LogP contribution >= 0.6 is 7.26 Å². The van der Waals surface area contributed by atoms with Crippen LogP contribution in [0.2, 0.25) is 0 Å². The molecule has 0 aromatic rings. The van der Waals surface area contributed by atoms with Gasteiger partial charge >= 0.3 is 0 Å². The van der Waals surface area contributed by atoms with Crippen molar-refractivity contribution in [3.63, 3.8) is 0 Å². The average Bonchev–Trinajstić information content (AvgIpc) is 2.11. The van der Waals surface area contributed by atoms with Crippen LogP contribution in [0.3, 0.4) is 0 Å². The fraction of sp³-hybridized carbons (Fsp3) is 1.00. The van der Waals surface area contributed by atoms with Crippen LogP contribution in [0.25, 0.3) is 0 Å². The molecule has 0 aliphatic carbocycles. The van der Waals surface area contributed by atoms with E-state index in [0.29, 0.717) is 0 Å². The quantitative estimate of drug-likeness (QED) is 0.422. The molecule has 0 nitrogen and oxygen atoms in total. The number of unbranched alkanes of at least 4 members (excludes halogenated alkanes) is 1. The highest BCUT2D eigenvalue weighted by Crippen LogP contribution is 2.62. The molecule has 0 aromatic carbocycles. The van der Waals surface area contributed by atoms with E-state index in [9.17, 15) is 0 Å². The maximum atomic E-state index is 2.42. The molecule has 0 radical (unpaired) electrons. The second-order valence-electron chi connectivity index (χ2n) is 7.15. The van der Waals surface area contributed by atoms with Crippen molar-refractivity contribution >= 4 is 7.26 Å². The molecule has 0 bridgehead atoms. The first-order valence-electron chi connectivity index (χ1n) is 7.66. The van der Waals surface area contributed by atoms with Crippen molar-refractivity contribution in [1.82, 2.24) is 0 Å². The Labute approximate surface area is 134 Å². The van der Waals surface area contributed by atoms with E-state index >= 15 is 0 Å². The van der Waals surface area contributed by atoms with Crippen LogP contribution in [-0.2, 0) is 0 Å². The molecule has 0 aromatic heterocycles. The van der Waals surface area contributed by atoms with Crippen molar-refractivity contribution < 1.29 is 24.0 Å². The highest BCUT2D eigenvalue weighted by molar-refractivity contribution is 7.75. The van der Waals surface area contributed by atoms with Gasteiger partial charge in [-0.3, -0.25) is 0 Å². The summed E-state index contributed by atoms with van der Waals surface area (Å²) in [4.78, 5) is 0. The normalized spacial score (nSPS) is 12.3. The van der Waals surface area contributed by atoms with Crippen molar-refractivity contribution in [3.05, 3.63) is 0 Å². The largest absolute Gasteiger partial charge is 1.00 e. The molecule has 0 unspecified atom stereocenters. The van der Waals surface area contributed by atoms with Gasteiger partial charge in [-0.1, -0.05) is 54.9 Å². The van der Waals surface area contributed by atoms with Crippen LogP contribution in [-0.4, -0.2) is 24.6 Å². The maximum Gasteiger partial charge on any atom is 0.0617 e. The van der Waals surface area contributed by atoms with Crippen LogP contribution in [0.4, 0.5) is 0 Å². The van der Waals surface area contributed by atoms with E-state index < -0.39 is 7.26 Å². The Morgan fingerprint density at radius 1 is 0.722 bits per heavy atom. The van der Waals surface area contributed by atoms with Crippen molar-refractivity contribution in [2.45, 2.75) is 61.3 Å². The molecular weight excluding hydrogens is 350 g/mol. The summed E-state index contributed by atoms with van der Waals surface area (Å²) in [5, 5.41) is 0. The molecule has 0 aliphatic heterocycles. The Balaban J connectivity index is 0. The van der Waals surface area contributed by atoms with E-state index in [-0.39, 0.29) is 24.0 Å². The summed E-state index contributed by atoms with van der Waals surface area (Å²) in [6, 6.07) is 0. The molecule has 0 amide bonds. The van der Waals surface area contributed by atoms with Gasteiger partial charge in [0.1, 0.15) is 0 Å². The summed E-state index contributed by atoms with van der Waals surface area (Å²) in [7, 11) is -0.681. The topological polar surface area (TPSA) is 0 Å². The van der Waals surface area contributed by atoms with Crippen molar-refractivity contribution in [2.75, 3.05) is 24.6 Å². The van der Waals surface area contributed by atoms with E-state index in [2.05, 4.69) is 48.5 Å². The first-order chi connectivity index (χ1) is 7.81. The van der Waals surface area contributed by atoms with Gasteiger partial charge in [-0.2, -0.15) is 0 Å². The molecule has 0 saturated heterocycles. The first kappa shape index (κ1) is 21.5. The lowest BCUT2D eigenvalue weighted by Crippen LogP contribution is -3.00. The van der Waals surface area contributed by atoms with Gasteiger partial charge in [-0.15, -0.1) is 0 Å². The Kier molecular flexibility index (Phi) is 13.0. The molecule has 0 heterocycles. The Morgan fingerprint density at radius 3 is 1.28 bits per heavy atom. The highest BCUT2D eigenvalue weighted by Gasteiger charge is 2.38. The zero-order valence-corrected chi connectivity index (χ0v) is 16.9. The van der Waals surface area contributed by atoms with Gasteiger partial charge in [0.05, 0.1) is 24.6 Å². The van der Waals surface area contributed by atoms with E-state index in [1.54, 1.807) is 6.16 Å². The Bertz CT molecular complexity index is 161. The Morgan fingerprint density at radius 2 is 1.06 bits per heavy atom. The minimum atomic E-state index is -0.681. The molecular formula is C16H36IP. The van der Waals surface area contributed by atoms with E-state index in [0.717, 1.165) is 17.8 Å². The molecule has 112 valence electrons. The van der Waals surface area contributed by atoms with E-state index in [4.69, 9.17) is 0 Å². The lowest BCUT2D eigenvalue weighted by molar-refractivity contribution is -0.00000459. The Hall–Kier alpha value is 1.16. The van der Waals surface area contributed by atoms with Gasteiger partial charge in [0, 0.05) is 7.26 Å². The second kappa shape index (κ2) is 10.9. The molecule has 0 fully saturated rings. The molecule has 0 N–H and O–H groups in total. The smallest absolute Gasteiger partial charge is 0.0617 e. The summed E-state index contributed by atoms with van der Waals surface area (Å²) < 4.78 is 0. The third-order valence-electron chi connectivity index (χ3n) is 3.24. The van der Waals surface area contributed by atoms with Gasteiger partial charge in [0.25, 0.3) is 0 Å². The van der Waals surface area contributed by atoms with Crippen LogP contribution in [0, 0.1) is 17.8 Å². The predicted octanol–water partition coefficient (Wildman–Crippen LogP) is 2.78. The molecule has 0 aliphatic rings. The number of rotatable bonds is 9.